The Morgan fingerprint density at radius 3 is 1.65 bits per heavy atom. The summed E-state index contributed by atoms with van der Waals surface area (Å²) in [5, 5.41) is 5.59. The monoisotopic (exact) mass is 371 g/mol. The van der Waals surface area contributed by atoms with Gasteiger partial charge in [-0.15, -0.1) is 0 Å². The number of nitrogens with zero attached hydrogens (tertiary/aromatic N) is 1. The van der Waals surface area contributed by atoms with Crippen LogP contribution in [0.15, 0.2) is 0 Å². The van der Waals surface area contributed by atoms with Gasteiger partial charge in [0.1, 0.15) is 0 Å². The minimum atomic E-state index is 0.0209. The summed E-state index contributed by atoms with van der Waals surface area (Å²) in [7, 11) is 0. The number of unbranched alkanes of at least 4 members (excludes halogenated alkanes) is 6. The summed E-state index contributed by atoms with van der Waals surface area (Å²) in [6, 6.07) is 0. The predicted molar refractivity (Wildman–Crippen MR) is 108 cm³/mol. The van der Waals surface area contributed by atoms with Gasteiger partial charge in [-0.05, 0) is 13.0 Å². The number of nitrogens with one attached hydrogen (secondary N) is 2. The molecule has 0 aromatic heterocycles. The number of hydrogen-bond donors (Lipinski definition) is 4. The molecule has 0 rings (SSSR count). The first-order valence-electron chi connectivity index (χ1n) is 10.3. The Labute approximate surface area is 159 Å². The molecule has 0 aliphatic carbocycles. The topological polar surface area (TPSA) is 113 Å². The van der Waals surface area contributed by atoms with Crippen LogP contribution in [0, 0.1) is 0 Å². The molecule has 26 heavy (non-hydrogen) atoms. The van der Waals surface area contributed by atoms with Crippen LogP contribution in [0.25, 0.3) is 0 Å². The number of amides is 2. The lowest BCUT2D eigenvalue weighted by atomic mass is 10.1. The van der Waals surface area contributed by atoms with Crippen molar-refractivity contribution in [2.24, 2.45) is 11.5 Å². The number of carbonyl (C=O) groups is 2. The van der Waals surface area contributed by atoms with E-state index < -0.39 is 0 Å². The lowest BCUT2D eigenvalue weighted by Gasteiger charge is -2.22. The molecule has 0 radical (unpaired) electrons. The van der Waals surface area contributed by atoms with Crippen LogP contribution in [0.4, 0.5) is 0 Å². The van der Waals surface area contributed by atoms with E-state index in [9.17, 15) is 9.59 Å². The highest BCUT2D eigenvalue weighted by atomic mass is 16.2. The molecule has 0 saturated heterocycles. The highest BCUT2D eigenvalue weighted by molar-refractivity contribution is 5.76. The van der Waals surface area contributed by atoms with Crippen LogP contribution in [0.1, 0.15) is 64.7 Å². The standard InChI is InChI=1S/C19H41N5O2/c1-2-3-4-5-6-7-8-15-24(16-9-18(25)22-13-11-20)17-10-19(26)23-14-12-21/h2-17,20-21H2,1H3,(H,22,25)(H,23,26). The van der Waals surface area contributed by atoms with Gasteiger partial charge in [-0.25, -0.2) is 0 Å². The second-order valence-electron chi connectivity index (χ2n) is 6.74. The summed E-state index contributed by atoms with van der Waals surface area (Å²) in [6.45, 7) is 6.44. The van der Waals surface area contributed by atoms with Crippen LogP contribution >= 0.6 is 0 Å². The van der Waals surface area contributed by atoms with Crippen molar-refractivity contribution in [3.8, 4) is 0 Å². The minimum absolute atomic E-state index is 0.0209. The van der Waals surface area contributed by atoms with Crippen molar-refractivity contribution in [1.82, 2.24) is 15.5 Å². The third-order valence-corrected chi connectivity index (χ3v) is 4.32. The third kappa shape index (κ3) is 16.3. The van der Waals surface area contributed by atoms with Gasteiger partial charge in [0.25, 0.3) is 0 Å². The SMILES string of the molecule is CCCCCCCCCN(CCC(=O)NCCN)CCC(=O)NCCN. The fourth-order valence-electron chi connectivity index (χ4n) is 2.75. The van der Waals surface area contributed by atoms with Gasteiger partial charge in [-0.1, -0.05) is 45.4 Å². The Hall–Kier alpha value is -1.18. The Morgan fingerprint density at radius 2 is 1.19 bits per heavy atom. The van der Waals surface area contributed by atoms with Crippen molar-refractivity contribution in [1.29, 1.82) is 0 Å². The van der Waals surface area contributed by atoms with E-state index in [1.54, 1.807) is 0 Å². The highest BCUT2D eigenvalue weighted by Crippen LogP contribution is 2.08. The summed E-state index contributed by atoms with van der Waals surface area (Å²) in [5.41, 5.74) is 10.8. The lowest BCUT2D eigenvalue weighted by Crippen LogP contribution is -2.36. The molecule has 0 aliphatic heterocycles. The largest absolute Gasteiger partial charge is 0.355 e. The molecule has 0 saturated carbocycles. The zero-order chi connectivity index (χ0) is 19.5. The summed E-state index contributed by atoms with van der Waals surface area (Å²) in [4.78, 5) is 25.8. The molecule has 6 N–H and O–H groups in total. The first kappa shape index (κ1) is 24.8. The molecule has 0 atom stereocenters. The maximum atomic E-state index is 11.8. The molecule has 0 unspecified atom stereocenters. The van der Waals surface area contributed by atoms with Crippen LogP contribution in [-0.2, 0) is 9.59 Å². The van der Waals surface area contributed by atoms with E-state index in [4.69, 9.17) is 11.5 Å². The van der Waals surface area contributed by atoms with Gasteiger partial charge >= 0.3 is 0 Å². The fourth-order valence-corrected chi connectivity index (χ4v) is 2.75. The van der Waals surface area contributed by atoms with Crippen LogP contribution in [0.3, 0.4) is 0 Å². The first-order valence-corrected chi connectivity index (χ1v) is 10.3. The highest BCUT2D eigenvalue weighted by Gasteiger charge is 2.10. The fraction of sp³-hybridized carbons (Fsp3) is 0.895. The second kappa shape index (κ2) is 18.6. The molecular formula is C19H41N5O2. The summed E-state index contributed by atoms with van der Waals surface area (Å²) in [6.07, 6.45) is 9.69. The molecule has 154 valence electrons. The maximum absolute atomic E-state index is 11.8. The van der Waals surface area contributed by atoms with Gasteiger partial charge in [0.2, 0.25) is 11.8 Å². The number of carbonyl (C=O) groups excluding carboxylic acids is 2. The van der Waals surface area contributed by atoms with Gasteiger partial charge in [-0.3, -0.25) is 9.59 Å². The Kier molecular flexibility index (Phi) is 17.8. The predicted octanol–water partition coefficient (Wildman–Crippen LogP) is 0.969. The molecule has 0 bridgehead atoms. The Bertz CT molecular complexity index is 329. The molecule has 7 heteroatoms. The van der Waals surface area contributed by atoms with Gasteiger partial charge in [0.15, 0.2) is 0 Å². The molecule has 0 heterocycles. The van der Waals surface area contributed by atoms with E-state index in [0.717, 1.165) is 13.0 Å². The molecule has 2 amide bonds. The van der Waals surface area contributed by atoms with E-state index in [1.165, 1.54) is 38.5 Å². The van der Waals surface area contributed by atoms with Gasteiger partial charge < -0.3 is 27.0 Å². The van der Waals surface area contributed by atoms with Gasteiger partial charge in [-0.2, -0.15) is 0 Å². The van der Waals surface area contributed by atoms with E-state index in [-0.39, 0.29) is 11.8 Å². The third-order valence-electron chi connectivity index (χ3n) is 4.32. The lowest BCUT2D eigenvalue weighted by molar-refractivity contribution is -0.121. The molecular weight excluding hydrogens is 330 g/mol. The van der Waals surface area contributed by atoms with Crippen molar-refractivity contribution in [3.05, 3.63) is 0 Å². The molecule has 0 fully saturated rings. The number of nitrogens with two attached hydrogens (primary N) is 2. The Balaban J connectivity index is 4.09. The molecule has 0 aromatic carbocycles. The van der Waals surface area contributed by atoms with E-state index in [2.05, 4.69) is 22.5 Å². The first-order chi connectivity index (χ1) is 12.6. The van der Waals surface area contributed by atoms with Crippen molar-refractivity contribution >= 4 is 11.8 Å². The molecule has 0 aliphatic rings. The quantitative estimate of drug-likeness (QED) is 0.268. The Morgan fingerprint density at radius 1 is 0.731 bits per heavy atom. The molecule has 7 nitrogen and oxygen atoms in total. The average molecular weight is 372 g/mol. The zero-order valence-electron chi connectivity index (χ0n) is 16.7. The van der Waals surface area contributed by atoms with E-state index in [0.29, 0.717) is 52.1 Å². The summed E-state index contributed by atoms with van der Waals surface area (Å²) in [5.74, 6) is 0.0418. The minimum Gasteiger partial charge on any atom is -0.355 e. The van der Waals surface area contributed by atoms with Crippen molar-refractivity contribution in [2.45, 2.75) is 64.7 Å². The molecule has 0 spiro atoms. The zero-order valence-corrected chi connectivity index (χ0v) is 16.7. The number of rotatable bonds is 18. The number of hydrogen-bond acceptors (Lipinski definition) is 5. The van der Waals surface area contributed by atoms with Crippen molar-refractivity contribution in [3.63, 3.8) is 0 Å². The van der Waals surface area contributed by atoms with Crippen molar-refractivity contribution < 1.29 is 9.59 Å². The van der Waals surface area contributed by atoms with Crippen LogP contribution < -0.4 is 22.1 Å². The summed E-state index contributed by atoms with van der Waals surface area (Å²) < 4.78 is 0. The van der Waals surface area contributed by atoms with Crippen molar-refractivity contribution in [2.75, 3.05) is 45.8 Å². The van der Waals surface area contributed by atoms with Gasteiger partial charge in [0.05, 0.1) is 0 Å². The van der Waals surface area contributed by atoms with Gasteiger partial charge in [0, 0.05) is 52.1 Å². The van der Waals surface area contributed by atoms with Crippen LogP contribution in [-0.4, -0.2) is 62.5 Å². The van der Waals surface area contributed by atoms with Crippen LogP contribution in [0.2, 0.25) is 0 Å². The van der Waals surface area contributed by atoms with E-state index in [1.807, 2.05) is 0 Å². The summed E-state index contributed by atoms with van der Waals surface area (Å²) >= 11 is 0. The van der Waals surface area contributed by atoms with Crippen LogP contribution in [0.5, 0.6) is 0 Å². The smallest absolute Gasteiger partial charge is 0.221 e. The second-order valence-corrected chi connectivity index (χ2v) is 6.74. The van der Waals surface area contributed by atoms with E-state index >= 15 is 0 Å². The normalized spacial score (nSPS) is 10.9. The average Bonchev–Trinajstić information content (AvgIpc) is 2.65. The molecule has 0 aromatic rings. The maximum Gasteiger partial charge on any atom is 0.221 e.